The summed E-state index contributed by atoms with van der Waals surface area (Å²) in [6, 6.07) is 0. The van der Waals surface area contributed by atoms with Gasteiger partial charge in [0.15, 0.2) is 0 Å². The third-order valence-electron chi connectivity index (χ3n) is 1.47. The SMILES string of the molecule is CC(C)=O.CCCCCC.CCCCO. The molecular formula is C13H30O2. The Labute approximate surface area is 96.1 Å². The molecule has 0 spiro atoms. The minimum Gasteiger partial charge on any atom is -0.396 e. The van der Waals surface area contributed by atoms with Gasteiger partial charge >= 0.3 is 0 Å². The predicted molar refractivity (Wildman–Crippen MR) is 68.2 cm³/mol. The average molecular weight is 218 g/mol. The molecule has 94 valence electrons. The number of unbranched alkanes of at least 4 members (excludes halogenated alkanes) is 4. The first-order chi connectivity index (χ1) is 7.06. The lowest BCUT2D eigenvalue weighted by molar-refractivity contribution is -0.114. The van der Waals surface area contributed by atoms with Crippen molar-refractivity contribution in [2.45, 2.75) is 73.1 Å². The molecule has 0 rings (SSSR count). The van der Waals surface area contributed by atoms with Crippen LogP contribution in [-0.4, -0.2) is 17.5 Å². The van der Waals surface area contributed by atoms with Crippen molar-refractivity contribution in [1.82, 2.24) is 0 Å². The third kappa shape index (κ3) is 86.0. The summed E-state index contributed by atoms with van der Waals surface area (Å²) in [4.78, 5) is 9.44. The Hall–Kier alpha value is -0.370. The molecule has 0 aromatic rings. The van der Waals surface area contributed by atoms with Gasteiger partial charge in [-0.1, -0.05) is 52.9 Å². The lowest BCUT2D eigenvalue weighted by atomic mass is 10.2. The largest absolute Gasteiger partial charge is 0.396 e. The zero-order valence-corrected chi connectivity index (χ0v) is 11.3. The molecule has 0 unspecified atom stereocenters. The predicted octanol–water partition coefficient (Wildman–Crippen LogP) is 3.96. The fraction of sp³-hybridized carbons (Fsp3) is 0.923. The van der Waals surface area contributed by atoms with Gasteiger partial charge < -0.3 is 9.90 Å². The Bertz CT molecular complexity index is 90.7. The Morgan fingerprint density at radius 1 is 0.867 bits per heavy atom. The van der Waals surface area contributed by atoms with Crippen LogP contribution in [0.5, 0.6) is 0 Å². The summed E-state index contributed by atoms with van der Waals surface area (Å²) < 4.78 is 0. The van der Waals surface area contributed by atoms with Gasteiger partial charge in [0.05, 0.1) is 0 Å². The highest BCUT2D eigenvalue weighted by atomic mass is 16.2. The van der Waals surface area contributed by atoms with E-state index in [1.54, 1.807) is 0 Å². The highest BCUT2D eigenvalue weighted by molar-refractivity contribution is 5.72. The zero-order valence-electron chi connectivity index (χ0n) is 11.3. The van der Waals surface area contributed by atoms with E-state index in [1.165, 1.54) is 39.5 Å². The van der Waals surface area contributed by atoms with Crippen molar-refractivity contribution in [3.63, 3.8) is 0 Å². The zero-order chi connectivity index (χ0) is 12.5. The minimum absolute atomic E-state index is 0.167. The first kappa shape index (κ1) is 20.1. The molecule has 0 saturated heterocycles. The molecule has 15 heavy (non-hydrogen) atoms. The number of hydrogen-bond acceptors (Lipinski definition) is 2. The molecule has 0 aromatic carbocycles. The molecule has 2 nitrogen and oxygen atoms in total. The second-order valence-electron chi connectivity index (χ2n) is 3.69. The molecule has 0 aliphatic rings. The molecule has 0 aliphatic carbocycles. The summed E-state index contributed by atoms with van der Waals surface area (Å²) in [5.74, 6) is 0.167. The summed E-state index contributed by atoms with van der Waals surface area (Å²) in [6.07, 6.45) is 7.57. The van der Waals surface area contributed by atoms with Gasteiger partial charge in [-0.3, -0.25) is 0 Å². The minimum atomic E-state index is 0.167. The lowest BCUT2D eigenvalue weighted by Gasteiger charge is -1.86. The first-order valence-corrected chi connectivity index (χ1v) is 6.14. The number of ketones is 1. The Morgan fingerprint density at radius 3 is 1.20 bits per heavy atom. The smallest absolute Gasteiger partial charge is 0.126 e. The Morgan fingerprint density at radius 2 is 1.13 bits per heavy atom. The molecule has 2 heteroatoms. The van der Waals surface area contributed by atoms with Gasteiger partial charge in [0.1, 0.15) is 5.78 Å². The molecule has 0 atom stereocenters. The van der Waals surface area contributed by atoms with E-state index in [1.807, 2.05) is 0 Å². The number of Topliss-reactive ketones (excluding diaryl/α,β-unsaturated/α-hetero) is 1. The molecule has 0 aromatic heterocycles. The van der Waals surface area contributed by atoms with Gasteiger partial charge in [-0.05, 0) is 20.3 Å². The van der Waals surface area contributed by atoms with Gasteiger partial charge in [0.2, 0.25) is 0 Å². The summed E-state index contributed by atoms with van der Waals surface area (Å²) >= 11 is 0. The van der Waals surface area contributed by atoms with Crippen LogP contribution in [0.15, 0.2) is 0 Å². The monoisotopic (exact) mass is 218 g/mol. The van der Waals surface area contributed by atoms with Crippen LogP contribution in [0.1, 0.15) is 73.1 Å². The number of aliphatic hydroxyl groups is 1. The Balaban J connectivity index is -0.000000147. The van der Waals surface area contributed by atoms with Crippen molar-refractivity contribution in [1.29, 1.82) is 0 Å². The van der Waals surface area contributed by atoms with Crippen LogP contribution >= 0.6 is 0 Å². The van der Waals surface area contributed by atoms with Crippen molar-refractivity contribution in [3.8, 4) is 0 Å². The first-order valence-electron chi connectivity index (χ1n) is 6.14. The molecule has 0 fully saturated rings. The van der Waals surface area contributed by atoms with E-state index in [4.69, 9.17) is 5.11 Å². The van der Waals surface area contributed by atoms with E-state index >= 15 is 0 Å². The molecule has 0 bridgehead atoms. The quantitative estimate of drug-likeness (QED) is 0.709. The fourth-order valence-electron chi connectivity index (χ4n) is 0.658. The highest BCUT2D eigenvalue weighted by Gasteiger charge is 1.75. The maximum absolute atomic E-state index is 9.44. The summed E-state index contributed by atoms with van der Waals surface area (Å²) in [5.41, 5.74) is 0. The number of carbonyl (C=O) groups excluding carboxylic acids is 1. The third-order valence-corrected chi connectivity index (χ3v) is 1.47. The van der Waals surface area contributed by atoms with E-state index < -0.39 is 0 Å². The van der Waals surface area contributed by atoms with Crippen LogP contribution in [0.25, 0.3) is 0 Å². The van der Waals surface area contributed by atoms with Crippen molar-refractivity contribution >= 4 is 5.78 Å². The number of hydrogen-bond donors (Lipinski definition) is 1. The molecule has 0 amide bonds. The second-order valence-corrected chi connectivity index (χ2v) is 3.69. The van der Waals surface area contributed by atoms with Crippen molar-refractivity contribution in [2.75, 3.05) is 6.61 Å². The lowest BCUT2D eigenvalue weighted by Crippen LogP contribution is -1.75. The van der Waals surface area contributed by atoms with Crippen LogP contribution in [0, 0.1) is 0 Å². The van der Waals surface area contributed by atoms with Gasteiger partial charge in [0.25, 0.3) is 0 Å². The van der Waals surface area contributed by atoms with Crippen LogP contribution in [0.2, 0.25) is 0 Å². The van der Waals surface area contributed by atoms with Gasteiger partial charge in [-0.25, -0.2) is 0 Å². The van der Waals surface area contributed by atoms with E-state index in [-0.39, 0.29) is 5.78 Å². The number of rotatable bonds is 5. The number of carbonyl (C=O) groups is 1. The van der Waals surface area contributed by atoms with Crippen molar-refractivity contribution in [3.05, 3.63) is 0 Å². The molecular weight excluding hydrogens is 188 g/mol. The van der Waals surface area contributed by atoms with Crippen molar-refractivity contribution in [2.24, 2.45) is 0 Å². The molecule has 1 N–H and O–H groups in total. The summed E-state index contributed by atoms with van der Waals surface area (Å²) in [5, 5.41) is 8.07. The van der Waals surface area contributed by atoms with Crippen LogP contribution in [-0.2, 0) is 4.79 Å². The normalized spacial score (nSPS) is 8.13. The van der Waals surface area contributed by atoms with Crippen LogP contribution in [0.3, 0.4) is 0 Å². The molecule has 0 heterocycles. The van der Waals surface area contributed by atoms with E-state index in [0.29, 0.717) is 6.61 Å². The van der Waals surface area contributed by atoms with E-state index in [0.717, 1.165) is 12.8 Å². The number of aliphatic hydroxyl groups excluding tert-OH is 1. The van der Waals surface area contributed by atoms with Gasteiger partial charge in [-0.2, -0.15) is 0 Å². The molecule has 0 saturated carbocycles. The second kappa shape index (κ2) is 23.4. The van der Waals surface area contributed by atoms with Crippen molar-refractivity contribution < 1.29 is 9.90 Å². The topological polar surface area (TPSA) is 37.3 Å². The summed E-state index contributed by atoms with van der Waals surface area (Å²) in [7, 11) is 0. The fourth-order valence-corrected chi connectivity index (χ4v) is 0.658. The Kier molecular flexibility index (Phi) is 31.4. The van der Waals surface area contributed by atoms with E-state index in [2.05, 4.69) is 20.8 Å². The standard InChI is InChI=1S/C6H14.C4H10O.C3H6O/c1-3-5-6-4-2;1-2-3-4-5;1-3(2)4/h3-6H2,1-2H3;5H,2-4H2,1H3;1-2H3. The van der Waals surface area contributed by atoms with Crippen LogP contribution < -0.4 is 0 Å². The van der Waals surface area contributed by atoms with Gasteiger partial charge in [0, 0.05) is 6.61 Å². The van der Waals surface area contributed by atoms with Gasteiger partial charge in [-0.15, -0.1) is 0 Å². The van der Waals surface area contributed by atoms with Crippen LogP contribution in [0.4, 0.5) is 0 Å². The molecule has 0 aliphatic heterocycles. The average Bonchev–Trinajstić information content (AvgIpc) is 2.16. The maximum atomic E-state index is 9.44. The summed E-state index contributed by atoms with van der Waals surface area (Å²) in [6.45, 7) is 9.91. The molecule has 0 radical (unpaired) electrons. The van der Waals surface area contributed by atoms with E-state index in [9.17, 15) is 4.79 Å². The maximum Gasteiger partial charge on any atom is 0.126 e. The highest BCUT2D eigenvalue weighted by Crippen LogP contribution is 1.95.